The van der Waals surface area contributed by atoms with E-state index in [4.69, 9.17) is 0 Å². The lowest BCUT2D eigenvalue weighted by molar-refractivity contribution is -0.121. The normalized spacial score (nSPS) is 16.3. The van der Waals surface area contributed by atoms with E-state index in [2.05, 4.69) is 20.6 Å². The van der Waals surface area contributed by atoms with E-state index >= 15 is 0 Å². The third kappa shape index (κ3) is 4.81. The molecular formula is C18H24N6O2. The maximum Gasteiger partial charge on any atom is 0.274 e. The van der Waals surface area contributed by atoms with Gasteiger partial charge in [-0.15, -0.1) is 0 Å². The van der Waals surface area contributed by atoms with Crippen LogP contribution in [0, 0.1) is 0 Å². The fourth-order valence-electron chi connectivity index (χ4n) is 2.89. The van der Waals surface area contributed by atoms with Crippen LogP contribution in [0.2, 0.25) is 0 Å². The van der Waals surface area contributed by atoms with E-state index < -0.39 is 0 Å². The number of nitrogens with zero attached hydrogens (tertiary/aromatic N) is 4. The van der Waals surface area contributed by atoms with Gasteiger partial charge in [0.15, 0.2) is 0 Å². The van der Waals surface area contributed by atoms with Gasteiger partial charge in [-0.3, -0.25) is 9.59 Å². The van der Waals surface area contributed by atoms with Gasteiger partial charge >= 0.3 is 0 Å². The zero-order valence-electron chi connectivity index (χ0n) is 14.9. The summed E-state index contributed by atoms with van der Waals surface area (Å²) in [5.41, 5.74) is 1.39. The van der Waals surface area contributed by atoms with Gasteiger partial charge in [0.25, 0.3) is 5.91 Å². The van der Waals surface area contributed by atoms with Gasteiger partial charge in [-0.1, -0.05) is 6.07 Å². The zero-order valence-corrected chi connectivity index (χ0v) is 14.9. The minimum Gasteiger partial charge on any atom is -0.368 e. The zero-order chi connectivity index (χ0) is 18.4. The predicted octanol–water partition coefficient (Wildman–Crippen LogP) is 0.822. The second kappa shape index (κ2) is 8.46. The first-order chi connectivity index (χ1) is 12.6. The second-order valence-corrected chi connectivity index (χ2v) is 6.40. The lowest BCUT2D eigenvalue weighted by atomic mass is 10.1. The number of pyridine rings is 1. The molecule has 0 aliphatic carbocycles. The number of nitrogens with one attached hydrogen (secondary N) is 2. The molecule has 8 nitrogen and oxygen atoms in total. The van der Waals surface area contributed by atoms with Crippen LogP contribution >= 0.6 is 0 Å². The van der Waals surface area contributed by atoms with Gasteiger partial charge < -0.3 is 20.1 Å². The van der Waals surface area contributed by atoms with E-state index in [9.17, 15) is 9.59 Å². The smallest absolute Gasteiger partial charge is 0.274 e. The molecule has 2 aromatic rings. The quantitative estimate of drug-likeness (QED) is 0.789. The van der Waals surface area contributed by atoms with Crippen molar-refractivity contribution in [2.75, 3.05) is 31.5 Å². The molecule has 2 N–H and O–H groups in total. The molecule has 1 aliphatic heterocycles. The summed E-state index contributed by atoms with van der Waals surface area (Å²) in [5.74, 6) is 0.432. The average Bonchev–Trinajstić information content (AvgIpc) is 3.07. The van der Waals surface area contributed by atoms with Crippen molar-refractivity contribution >= 4 is 17.6 Å². The first kappa shape index (κ1) is 17.9. The molecule has 8 heteroatoms. The molecule has 2 aromatic heterocycles. The highest BCUT2D eigenvalue weighted by molar-refractivity contribution is 5.94. The Kier molecular flexibility index (Phi) is 5.83. The van der Waals surface area contributed by atoms with Crippen molar-refractivity contribution in [1.29, 1.82) is 0 Å². The van der Waals surface area contributed by atoms with Crippen LogP contribution in [0.4, 0.5) is 5.82 Å². The van der Waals surface area contributed by atoms with E-state index in [0.29, 0.717) is 25.3 Å². The molecule has 138 valence electrons. The standard InChI is InChI=1S/C18H24N6O2/c1-23-11-15(21-13-23)18(26)24-10-3-2-5-14-6-4-7-16(22-14)19-8-9-20-17(25)12-24/h4,6-7,11,13H,2-3,5,8-10,12H2,1H3,(H,19,22)(H,20,25). The van der Waals surface area contributed by atoms with E-state index in [-0.39, 0.29) is 18.4 Å². The highest BCUT2D eigenvalue weighted by Gasteiger charge is 2.20. The number of anilines is 1. The lowest BCUT2D eigenvalue weighted by Gasteiger charge is -2.22. The number of hydrogen-bond donors (Lipinski definition) is 2. The number of fused-ring (bicyclic) bond motifs is 2. The fourth-order valence-corrected chi connectivity index (χ4v) is 2.89. The summed E-state index contributed by atoms with van der Waals surface area (Å²) in [6, 6.07) is 5.91. The summed E-state index contributed by atoms with van der Waals surface area (Å²) < 4.78 is 1.72. The van der Waals surface area contributed by atoms with Gasteiger partial charge in [0, 0.05) is 38.6 Å². The van der Waals surface area contributed by atoms with Crippen LogP contribution in [-0.4, -0.2) is 57.4 Å². The summed E-state index contributed by atoms with van der Waals surface area (Å²) in [5, 5.41) is 6.04. The Morgan fingerprint density at radius 2 is 2.04 bits per heavy atom. The number of imidazole rings is 1. The lowest BCUT2D eigenvalue weighted by Crippen LogP contribution is -2.42. The predicted molar refractivity (Wildman–Crippen MR) is 97.8 cm³/mol. The van der Waals surface area contributed by atoms with Crippen molar-refractivity contribution in [3.63, 3.8) is 0 Å². The maximum absolute atomic E-state index is 12.7. The highest BCUT2D eigenvalue weighted by Crippen LogP contribution is 2.10. The molecule has 0 unspecified atom stereocenters. The average molecular weight is 356 g/mol. The summed E-state index contributed by atoms with van der Waals surface area (Å²) in [6.45, 7) is 1.60. The van der Waals surface area contributed by atoms with Gasteiger partial charge in [0.05, 0.1) is 12.9 Å². The summed E-state index contributed by atoms with van der Waals surface area (Å²) in [4.78, 5) is 35.1. The Morgan fingerprint density at radius 1 is 1.19 bits per heavy atom. The second-order valence-electron chi connectivity index (χ2n) is 6.40. The minimum absolute atomic E-state index is 0.0406. The number of aromatic nitrogens is 3. The van der Waals surface area contributed by atoms with Gasteiger partial charge in [-0.25, -0.2) is 9.97 Å². The first-order valence-corrected chi connectivity index (χ1v) is 8.85. The molecule has 0 radical (unpaired) electrons. The molecule has 3 rings (SSSR count). The fraction of sp³-hybridized carbons (Fsp3) is 0.444. The Hall–Kier alpha value is -2.90. The number of carbonyl (C=O) groups is 2. The van der Waals surface area contributed by atoms with Gasteiger partial charge in [0.1, 0.15) is 11.5 Å². The third-order valence-electron chi connectivity index (χ3n) is 4.22. The molecule has 0 fully saturated rings. The van der Waals surface area contributed by atoms with E-state index in [0.717, 1.165) is 30.8 Å². The SMILES string of the molecule is Cn1cnc(C(=O)N2CCCCc3cccc(n3)NCCNC(=O)C2)c1. The van der Waals surface area contributed by atoms with E-state index in [1.165, 1.54) is 0 Å². The Bertz CT molecular complexity index is 773. The highest BCUT2D eigenvalue weighted by atomic mass is 16.2. The minimum atomic E-state index is -0.217. The molecule has 1 aliphatic rings. The van der Waals surface area contributed by atoms with Crippen LogP contribution in [0.1, 0.15) is 29.0 Å². The molecule has 26 heavy (non-hydrogen) atoms. The Balaban J connectivity index is 1.70. The monoisotopic (exact) mass is 356 g/mol. The van der Waals surface area contributed by atoms with Crippen molar-refractivity contribution in [1.82, 2.24) is 24.8 Å². The van der Waals surface area contributed by atoms with E-state index in [1.807, 2.05) is 25.2 Å². The first-order valence-electron chi connectivity index (χ1n) is 8.85. The molecule has 0 spiro atoms. The summed E-state index contributed by atoms with van der Waals surface area (Å²) in [7, 11) is 1.81. The van der Waals surface area contributed by atoms with Gasteiger partial charge in [-0.2, -0.15) is 0 Å². The van der Waals surface area contributed by atoms with Crippen LogP contribution in [0.15, 0.2) is 30.7 Å². The van der Waals surface area contributed by atoms with Gasteiger partial charge in [0.2, 0.25) is 5.91 Å². The van der Waals surface area contributed by atoms with Crippen molar-refractivity contribution in [3.05, 3.63) is 42.1 Å². The number of carbonyl (C=O) groups excluding carboxylic acids is 2. The van der Waals surface area contributed by atoms with Crippen LogP contribution in [-0.2, 0) is 18.3 Å². The van der Waals surface area contributed by atoms with Crippen molar-refractivity contribution in [2.24, 2.45) is 7.05 Å². The molecule has 0 aromatic carbocycles. The van der Waals surface area contributed by atoms with Crippen molar-refractivity contribution in [3.8, 4) is 0 Å². The Labute approximate surface area is 152 Å². The largest absolute Gasteiger partial charge is 0.368 e. The van der Waals surface area contributed by atoms with Gasteiger partial charge in [-0.05, 0) is 31.4 Å². The molecule has 2 bridgehead atoms. The van der Waals surface area contributed by atoms with Crippen molar-refractivity contribution in [2.45, 2.75) is 19.3 Å². The number of amides is 2. The van der Waals surface area contributed by atoms with Crippen molar-refractivity contribution < 1.29 is 9.59 Å². The molecule has 3 heterocycles. The molecule has 0 saturated carbocycles. The number of rotatable bonds is 1. The third-order valence-corrected chi connectivity index (χ3v) is 4.22. The Morgan fingerprint density at radius 3 is 2.85 bits per heavy atom. The van der Waals surface area contributed by atoms with Crippen LogP contribution in [0.5, 0.6) is 0 Å². The topological polar surface area (TPSA) is 92.2 Å². The van der Waals surface area contributed by atoms with Crippen LogP contribution in [0.3, 0.4) is 0 Å². The number of hydrogen-bond acceptors (Lipinski definition) is 5. The van der Waals surface area contributed by atoms with Crippen LogP contribution < -0.4 is 10.6 Å². The summed E-state index contributed by atoms with van der Waals surface area (Å²) >= 11 is 0. The molecule has 2 amide bonds. The summed E-state index contributed by atoms with van der Waals surface area (Å²) in [6.07, 6.45) is 5.79. The number of aryl methyl sites for hydroxylation is 2. The molecule has 0 atom stereocenters. The molecular weight excluding hydrogens is 332 g/mol. The molecule has 0 saturated heterocycles. The van der Waals surface area contributed by atoms with E-state index in [1.54, 1.807) is 22.0 Å². The van der Waals surface area contributed by atoms with Crippen LogP contribution in [0.25, 0.3) is 0 Å². The maximum atomic E-state index is 12.7.